The molecule has 1 aliphatic heterocycles. The Balaban J connectivity index is 1.40. The van der Waals surface area contributed by atoms with Crippen LogP contribution in [-0.4, -0.2) is 66.2 Å². The lowest BCUT2D eigenvalue weighted by atomic mass is 9.55. The maximum absolute atomic E-state index is 13.3. The van der Waals surface area contributed by atoms with Gasteiger partial charge in [-0.15, -0.1) is 0 Å². The highest BCUT2D eigenvalue weighted by Gasteiger charge is 2.58. The van der Waals surface area contributed by atoms with E-state index in [0.717, 1.165) is 55.1 Å². The molecule has 0 bridgehead atoms. The van der Waals surface area contributed by atoms with E-state index in [1.807, 2.05) is 30.1 Å². The van der Waals surface area contributed by atoms with Gasteiger partial charge in [-0.1, -0.05) is 41.4 Å². The van der Waals surface area contributed by atoms with Gasteiger partial charge in [0.15, 0.2) is 0 Å². The number of benzene rings is 2. The van der Waals surface area contributed by atoms with Crippen LogP contribution in [0.25, 0.3) is 0 Å². The topological polar surface area (TPSA) is 53.0 Å². The van der Waals surface area contributed by atoms with E-state index < -0.39 is 11.0 Å². The van der Waals surface area contributed by atoms with Crippen molar-refractivity contribution in [3.8, 4) is 5.75 Å². The average molecular weight is 532 g/mol. The number of rotatable bonds is 7. The molecule has 3 fully saturated rings. The zero-order chi connectivity index (χ0) is 25.5. The Morgan fingerprint density at radius 2 is 1.94 bits per heavy atom. The molecular weight excluding hydrogens is 495 g/mol. The highest BCUT2D eigenvalue weighted by Crippen LogP contribution is 2.53. The molecule has 2 saturated carbocycles. The second kappa shape index (κ2) is 10.2. The molecule has 2 aromatic rings. The summed E-state index contributed by atoms with van der Waals surface area (Å²) in [4.78, 5) is 17.7. The largest absolute Gasteiger partial charge is 0.497 e. The predicted octanol–water partition coefficient (Wildman–Crippen LogP) is 5.34. The Bertz CT molecular complexity index is 1120. The lowest BCUT2D eigenvalue weighted by Gasteiger charge is -2.59. The lowest BCUT2D eigenvalue weighted by Crippen LogP contribution is -2.67. The zero-order valence-corrected chi connectivity index (χ0v) is 22.7. The summed E-state index contributed by atoms with van der Waals surface area (Å²) in [6, 6.07) is 13.6. The van der Waals surface area contributed by atoms with Gasteiger partial charge in [-0.2, -0.15) is 0 Å². The molecule has 194 valence electrons. The van der Waals surface area contributed by atoms with Crippen LogP contribution in [0.5, 0.6) is 5.75 Å². The van der Waals surface area contributed by atoms with Crippen LogP contribution in [0.15, 0.2) is 42.5 Å². The molecule has 5 rings (SSSR count). The number of hydrogen-bond donors (Lipinski definition) is 1. The van der Waals surface area contributed by atoms with Gasteiger partial charge in [-0.05, 0) is 86.4 Å². The van der Waals surface area contributed by atoms with Gasteiger partial charge in [0, 0.05) is 31.6 Å². The minimum atomic E-state index is -0.837. The monoisotopic (exact) mass is 530 g/mol. The van der Waals surface area contributed by atoms with Gasteiger partial charge in [0.25, 0.3) is 0 Å². The molecule has 1 amide bonds. The van der Waals surface area contributed by atoms with Crippen LogP contribution in [-0.2, 0) is 16.6 Å². The van der Waals surface area contributed by atoms with E-state index in [2.05, 4.69) is 17.0 Å². The molecule has 2 aromatic carbocycles. The van der Waals surface area contributed by atoms with Gasteiger partial charge in [-0.3, -0.25) is 4.79 Å². The van der Waals surface area contributed by atoms with Gasteiger partial charge in [-0.25, -0.2) is 0 Å². The zero-order valence-electron chi connectivity index (χ0n) is 21.2. The third-order valence-electron chi connectivity index (χ3n) is 8.82. The SMILES string of the molecule is COc1cccc([C@@]23CCN(CC4CC4)C[C@@]2(O)CC[C@H](N(C)C(=O)Cc2ccc(Cl)c(Cl)c2)C3)c1. The third kappa shape index (κ3) is 5.00. The van der Waals surface area contributed by atoms with Gasteiger partial charge >= 0.3 is 0 Å². The van der Waals surface area contributed by atoms with E-state index in [9.17, 15) is 9.90 Å². The fourth-order valence-corrected chi connectivity index (χ4v) is 6.78. The summed E-state index contributed by atoms with van der Waals surface area (Å²) in [5.41, 5.74) is 0.703. The van der Waals surface area contributed by atoms with Crippen LogP contribution in [0.1, 0.15) is 49.7 Å². The first kappa shape index (κ1) is 25.8. The number of piperidine rings is 1. The van der Waals surface area contributed by atoms with Gasteiger partial charge < -0.3 is 19.6 Å². The number of aliphatic hydroxyl groups is 1. The molecule has 1 heterocycles. The van der Waals surface area contributed by atoms with Crippen LogP contribution in [0, 0.1) is 5.92 Å². The molecule has 3 aliphatic rings. The van der Waals surface area contributed by atoms with E-state index in [-0.39, 0.29) is 18.4 Å². The minimum absolute atomic E-state index is 0.0433. The standard InChI is InChI=1S/C29H36Cl2N2O3/c1-32(27(34)15-21-8-9-25(30)26(31)14-21)23-10-11-29(35)19-33(18-20-6-7-20)13-12-28(29,17-23)22-4-3-5-24(16-22)36-2/h3-5,8-9,14,16,20,23,35H,6-7,10-13,15,17-19H2,1-2H3/t23-,28-,29-/m0/s1. The molecule has 5 nitrogen and oxygen atoms in total. The van der Waals surface area contributed by atoms with Crippen molar-refractivity contribution in [2.75, 3.05) is 33.8 Å². The molecule has 0 aromatic heterocycles. The number of likely N-dealkylation sites (tertiary alicyclic amines) is 1. The lowest BCUT2D eigenvalue weighted by molar-refractivity contribution is -0.147. The maximum Gasteiger partial charge on any atom is 0.226 e. The Kier molecular flexibility index (Phi) is 7.30. The highest BCUT2D eigenvalue weighted by atomic mass is 35.5. The summed E-state index contributed by atoms with van der Waals surface area (Å²) in [5.74, 6) is 1.64. The van der Waals surface area contributed by atoms with E-state index >= 15 is 0 Å². The normalized spacial score (nSPS) is 28.4. The summed E-state index contributed by atoms with van der Waals surface area (Å²) in [5, 5.41) is 13.2. The second-order valence-electron chi connectivity index (χ2n) is 11.1. The number of fused-ring (bicyclic) bond motifs is 1. The third-order valence-corrected chi connectivity index (χ3v) is 9.56. The molecule has 0 radical (unpaired) electrons. The summed E-state index contributed by atoms with van der Waals surface area (Å²) >= 11 is 12.2. The first-order valence-electron chi connectivity index (χ1n) is 13.0. The Labute approximate surface area is 224 Å². The smallest absolute Gasteiger partial charge is 0.226 e. The number of ether oxygens (including phenoxy) is 1. The van der Waals surface area contributed by atoms with Crippen molar-refractivity contribution < 1.29 is 14.6 Å². The number of hydrogen-bond acceptors (Lipinski definition) is 4. The van der Waals surface area contributed by atoms with Crippen molar-refractivity contribution in [3.05, 3.63) is 63.6 Å². The first-order valence-corrected chi connectivity index (χ1v) is 13.8. The number of β-amino-alcohol motifs (C(OH)–C–C–N with tert-alkyl or cyclic N) is 1. The van der Waals surface area contributed by atoms with E-state index in [0.29, 0.717) is 23.0 Å². The van der Waals surface area contributed by atoms with Gasteiger partial charge in [0.2, 0.25) is 5.91 Å². The maximum atomic E-state index is 13.3. The van der Waals surface area contributed by atoms with Crippen molar-refractivity contribution in [3.63, 3.8) is 0 Å². The first-order chi connectivity index (χ1) is 17.2. The molecule has 1 N–H and O–H groups in total. The van der Waals surface area contributed by atoms with Gasteiger partial charge in [0.1, 0.15) is 5.75 Å². The molecule has 7 heteroatoms. The Morgan fingerprint density at radius 1 is 1.14 bits per heavy atom. The van der Waals surface area contributed by atoms with Crippen molar-refractivity contribution >= 4 is 29.1 Å². The molecule has 0 unspecified atom stereocenters. The molecule has 2 aliphatic carbocycles. The van der Waals surface area contributed by atoms with E-state index in [1.54, 1.807) is 19.2 Å². The van der Waals surface area contributed by atoms with Crippen LogP contribution < -0.4 is 4.74 Å². The molecule has 3 atom stereocenters. The van der Waals surface area contributed by atoms with Crippen molar-refractivity contribution in [1.82, 2.24) is 9.80 Å². The van der Waals surface area contributed by atoms with Crippen LogP contribution in [0.4, 0.5) is 0 Å². The number of nitrogens with zero attached hydrogens (tertiary/aromatic N) is 2. The number of carbonyl (C=O) groups is 1. The number of likely N-dealkylation sites (N-methyl/N-ethyl adjacent to an activating group) is 1. The second-order valence-corrected chi connectivity index (χ2v) is 11.9. The number of carbonyl (C=O) groups excluding carboxylic acids is 1. The minimum Gasteiger partial charge on any atom is -0.497 e. The highest BCUT2D eigenvalue weighted by molar-refractivity contribution is 6.42. The van der Waals surface area contributed by atoms with Crippen molar-refractivity contribution in [2.45, 2.75) is 62.0 Å². The summed E-state index contributed by atoms with van der Waals surface area (Å²) in [7, 11) is 3.58. The number of halogens is 2. The summed E-state index contributed by atoms with van der Waals surface area (Å²) in [6.45, 7) is 2.74. The molecular formula is C29H36Cl2N2O3. The van der Waals surface area contributed by atoms with Crippen molar-refractivity contribution in [1.29, 1.82) is 0 Å². The number of methoxy groups -OCH3 is 1. The van der Waals surface area contributed by atoms with Gasteiger partial charge in [0.05, 0.1) is 29.2 Å². The predicted molar refractivity (Wildman–Crippen MR) is 144 cm³/mol. The quantitative estimate of drug-likeness (QED) is 0.524. The average Bonchev–Trinajstić information content (AvgIpc) is 3.69. The number of amides is 1. The molecule has 0 spiro atoms. The fourth-order valence-electron chi connectivity index (χ4n) is 6.46. The summed E-state index contributed by atoms with van der Waals surface area (Å²) in [6.07, 6.45) is 5.94. The summed E-state index contributed by atoms with van der Waals surface area (Å²) < 4.78 is 5.56. The Hall–Kier alpha value is -1.79. The fraction of sp³-hybridized carbons (Fsp3) is 0.552. The van der Waals surface area contributed by atoms with Crippen LogP contribution in [0.2, 0.25) is 10.0 Å². The van der Waals surface area contributed by atoms with E-state index in [4.69, 9.17) is 27.9 Å². The molecule has 1 saturated heterocycles. The molecule has 36 heavy (non-hydrogen) atoms. The van der Waals surface area contributed by atoms with E-state index in [1.165, 1.54) is 12.8 Å². The van der Waals surface area contributed by atoms with Crippen LogP contribution in [0.3, 0.4) is 0 Å². The van der Waals surface area contributed by atoms with Crippen LogP contribution >= 0.6 is 23.2 Å². The Morgan fingerprint density at radius 3 is 2.67 bits per heavy atom. The van der Waals surface area contributed by atoms with Crippen molar-refractivity contribution in [2.24, 2.45) is 5.92 Å².